The molecule has 0 atom stereocenters. The largest absolute Gasteiger partial charge is 0.465 e. The Hall–Kier alpha value is -1.49. The predicted octanol–water partition coefficient (Wildman–Crippen LogP) is 2.90. The third kappa shape index (κ3) is 1.70. The van der Waals surface area contributed by atoms with E-state index in [2.05, 4.69) is 38.7 Å². The fraction of sp³-hybridized carbons (Fsp3) is 0.250. The molecule has 2 heterocycles. The van der Waals surface area contributed by atoms with Crippen molar-refractivity contribution < 1.29 is 9.90 Å². The average molecular weight is 295 g/mol. The number of nitrogens with zero attached hydrogens (tertiary/aromatic N) is 2. The lowest BCUT2D eigenvalue weighted by Crippen LogP contribution is -2.36. The van der Waals surface area contributed by atoms with Gasteiger partial charge in [0.05, 0.1) is 6.54 Å². The molecule has 1 aliphatic heterocycles. The van der Waals surface area contributed by atoms with Gasteiger partial charge in [0.25, 0.3) is 0 Å². The Morgan fingerprint density at radius 3 is 2.88 bits per heavy atom. The minimum absolute atomic E-state index is 0.474. The van der Waals surface area contributed by atoms with E-state index in [4.69, 9.17) is 5.11 Å². The third-order valence-electron chi connectivity index (χ3n) is 3.17. The normalized spacial score (nSPS) is 15.0. The van der Waals surface area contributed by atoms with E-state index in [0.29, 0.717) is 13.1 Å². The smallest absolute Gasteiger partial charge is 0.407 e. The zero-order chi connectivity index (χ0) is 12.0. The summed E-state index contributed by atoms with van der Waals surface area (Å²) in [4.78, 5) is 12.4. The van der Waals surface area contributed by atoms with E-state index >= 15 is 0 Å². The SMILES string of the molecule is O=C(O)N1CCn2c(cc3ccc(Br)cc32)C1. The molecular weight excluding hydrogens is 284 g/mol. The van der Waals surface area contributed by atoms with E-state index in [-0.39, 0.29) is 0 Å². The van der Waals surface area contributed by atoms with Crippen molar-refractivity contribution >= 4 is 32.9 Å². The topological polar surface area (TPSA) is 45.5 Å². The van der Waals surface area contributed by atoms with Crippen molar-refractivity contribution in [3.8, 4) is 0 Å². The molecule has 0 unspecified atom stereocenters. The Labute approximate surface area is 107 Å². The Kier molecular flexibility index (Phi) is 2.36. The van der Waals surface area contributed by atoms with Crippen LogP contribution in [0.15, 0.2) is 28.7 Å². The van der Waals surface area contributed by atoms with Crippen LogP contribution >= 0.6 is 15.9 Å². The molecule has 4 nitrogen and oxygen atoms in total. The van der Waals surface area contributed by atoms with E-state index in [1.807, 2.05) is 6.07 Å². The number of halogens is 1. The molecule has 2 aromatic rings. The molecule has 0 spiro atoms. The second-order valence-corrected chi connectivity index (χ2v) is 5.11. The molecule has 0 saturated carbocycles. The van der Waals surface area contributed by atoms with Crippen molar-refractivity contribution in [3.63, 3.8) is 0 Å². The molecule has 1 aliphatic rings. The highest BCUT2D eigenvalue weighted by Crippen LogP contribution is 2.26. The van der Waals surface area contributed by atoms with E-state index in [9.17, 15) is 4.79 Å². The maximum absolute atomic E-state index is 10.9. The molecule has 17 heavy (non-hydrogen) atoms. The lowest BCUT2D eigenvalue weighted by Gasteiger charge is -2.26. The van der Waals surface area contributed by atoms with Crippen LogP contribution in [-0.4, -0.2) is 27.2 Å². The van der Waals surface area contributed by atoms with Gasteiger partial charge in [-0.15, -0.1) is 0 Å². The van der Waals surface area contributed by atoms with Gasteiger partial charge in [0.15, 0.2) is 0 Å². The summed E-state index contributed by atoms with van der Waals surface area (Å²) >= 11 is 3.46. The molecule has 1 amide bonds. The van der Waals surface area contributed by atoms with Crippen molar-refractivity contribution in [2.45, 2.75) is 13.1 Å². The van der Waals surface area contributed by atoms with Crippen LogP contribution in [0.25, 0.3) is 10.9 Å². The van der Waals surface area contributed by atoms with Crippen molar-refractivity contribution in [2.24, 2.45) is 0 Å². The highest BCUT2D eigenvalue weighted by atomic mass is 79.9. The van der Waals surface area contributed by atoms with Gasteiger partial charge in [0.2, 0.25) is 0 Å². The average Bonchev–Trinajstić information content (AvgIpc) is 2.66. The molecule has 3 rings (SSSR count). The van der Waals surface area contributed by atoms with Crippen LogP contribution in [0.3, 0.4) is 0 Å². The number of carbonyl (C=O) groups is 1. The Balaban J connectivity index is 2.10. The molecule has 0 radical (unpaired) electrons. The summed E-state index contributed by atoms with van der Waals surface area (Å²) in [6.07, 6.45) is -0.845. The number of aromatic nitrogens is 1. The molecule has 0 saturated heterocycles. The zero-order valence-electron chi connectivity index (χ0n) is 9.06. The first-order valence-electron chi connectivity index (χ1n) is 5.41. The molecular formula is C12H11BrN2O2. The first kappa shape index (κ1) is 10.7. The summed E-state index contributed by atoms with van der Waals surface area (Å²) in [6, 6.07) is 8.20. The van der Waals surface area contributed by atoms with Crippen LogP contribution in [0.4, 0.5) is 4.79 Å². The van der Waals surface area contributed by atoms with E-state index in [1.165, 1.54) is 10.4 Å². The van der Waals surface area contributed by atoms with Gasteiger partial charge >= 0.3 is 6.09 Å². The molecule has 0 bridgehead atoms. The van der Waals surface area contributed by atoms with Crippen LogP contribution in [0.5, 0.6) is 0 Å². The van der Waals surface area contributed by atoms with Crippen LogP contribution in [0.1, 0.15) is 5.69 Å². The Morgan fingerprint density at radius 2 is 2.12 bits per heavy atom. The summed E-state index contributed by atoms with van der Waals surface area (Å²) < 4.78 is 3.24. The summed E-state index contributed by atoms with van der Waals surface area (Å²) in [5.74, 6) is 0. The van der Waals surface area contributed by atoms with E-state index in [1.54, 1.807) is 0 Å². The predicted molar refractivity (Wildman–Crippen MR) is 68.1 cm³/mol. The Bertz CT molecular complexity index is 606. The molecule has 1 N–H and O–H groups in total. The van der Waals surface area contributed by atoms with Crippen LogP contribution in [-0.2, 0) is 13.1 Å². The van der Waals surface area contributed by atoms with E-state index in [0.717, 1.165) is 22.1 Å². The second kappa shape index (κ2) is 3.77. The van der Waals surface area contributed by atoms with Gasteiger partial charge in [0.1, 0.15) is 0 Å². The fourth-order valence-electron chi connectivity index (χ4n) is 2.34. The minimum atomic E-state index is -0.845. The quantitative estimate of drug-likeness (QED) is 0.812. The molecule has 1 aromatic carbocycles. The van der Waals surface area contributed by atoms with E-state index < -0.39 is 6.09 Å². The van der Waals surface area contributed by atoms with Crippen molar-refractivity contribution in [1.82, 2.24) is 9.47 Å². The number of carboxylic acid groups (broad SMARTS) is 1. The molecule has 1 aromatic heterocycles. The maximum atomic E-state index is 10.9. The molecule has 5 heteroatoms. The number of benzene rings is 1. The van der Waals surface area contributed by atoms with Crippen molar-refractivity contribution in [1.29, 1.82) is 0 Å². The molecule has 0 fully saturated rings. The number of hydrogen-bond acceptors (Lipinski definition) is 1. The molecule has 88 valence electrons. The zero-order valence-corrected chi connectivity index (χ0v) is 10.6. The monoisotopic (exact) mass is 294 g/mol. The first-order valence-corrected chi connectivity index (χ1v) is 6.20. The van der Waals surface area contributed by atoms with Gasteiger partial charge in [-0.05, 0) is 18.2 Å². The van der Waals surface area contributed by atoms with Gasteiger partial charge in [-0.2, -0.15) is 0 Å². The summed E-state index contributed by atoms with van der Waals surface area (Å²) in [5.41, 5.74) is 2.23. The lowest BCUT2D eigenvalue weighted by atomic mass is 10.2. The van der Waals surface area contributed by atoms with Gasteiger partial charge in [0, 0.05) is 34.2 Å². The standard InChI is InChI=1S/C12H11BrN2O2/c13-9-2-1-8-5-10-7-14(12(16)17)3-4-15(10)11(8)6-9/h1-2,5-6H,3-4,7H2,(H,16,17). The Morgan fingerprint density at radius 1 is 1.29 bits per heavy atom. The first-order chi connectivity index (χ1) is 8.15. The summed E-state index contributed by atoms with van der Waals surface area (Å²) in [6.45, 7) is 1.75. The highest BCUT2D eigenvalue weighted by molar-refractivity contribution is 9.10. The van der Waals surface area contributed by atoms with Gasteiger partial charge in [-0.25, -0.2) is 4.79 Å². The van der Waals surface area contributed by atoms with Crippen molar-refractivity contribution in [3.05, 3.63) is 34.4 Å². The van der Waals surface area contributed by atoms with Crippen LogP contribution in [0, 0.1) is 0 Å². The summed E-state index contributed by atoms with van der Waals surface area (Å²) in [5, 5.41) is 10.2. The molecule has 0 aliphatic carbocycles. The van der Waals surface area contributed by atoms with Gasteiger partial charge < -0.3 is 14.6 Å². The number of rotatable bonds is 0. The number of hydrogen-bond donors (Lipinski definition) is 1. The van der Waals surface area contributed by atoms with Crippen LogP contribution in [0.2, 0.25) is 0 Å². The van der Waals surface area contributed by atoms with Crippen LogP contribution < -0.4 is 0 Å². The highest BCUT2D eigenvalue weighted by Gasteiger charge is 2.21. The van der Waals surface area contributed by atoms with Gasteiger partial charge in [-0.1, -0.05) is 22.0 Å². The number of fused-ring (bicyclic) bond motifs is 3. The lowest BCUT2D eigenvalue weighted by molar-refractivity contribution is 0.133. The summed E-state index contributed by atoms with van der Waals surface area (Å²) in [7, 11) is 0. The number of amides is 1. The fourth-order valence-corrected chi connectivity index (χ4v) is 2.69. The van der Waals surface area contributed by atoms with Crippen molar-refractivity contribution in [2.75, 3.05) is 6.54 Å². The second-order valence-electron chi connectivity index (χ2n) is 4.19. The maximum Gasteiger partial charge on any atom is 0.407 e. The third-order valence-corrected chi connectivity index (χ3v) is 3.66. The minimum Gasteiger partial charge on any atom is -0.465 e. The van der Waals surface area contributed by atoms with Gasteiger partial charge in [-0.3, -0.25) is 0 Å².